The molecule has 1 unspecified atom stereocenters. The highest BCUT2D eigenvalue weighted by atomic mass is 32.1. The van der Waals surface area contributed by atoms with Crippen LogP contribution in [0.5, 0.6) is 0 Å². The van der Waals surface area contributed by atoms with Crippen LogP contribution in [-0.4, -0.2) is 16.0 Å². The average Bonchev–Trinajstić information content (AvgIpc) is 2.88. The van der Waals surface area contributed by atoms with Crippen molar-refractivity contribution in [3.05, 3.63) is 59.4 Å². The van der Waals surface area contributed by atoms with Gasteiger partial charge in [-0.25, -0.2) is 4.98 Å². The maximum Gasteiger partial charge on any atom is 0.0954 e. The number of nitrogens with two attached hydrogens (primary N) is 1. The Morgan fingerprint density at radius 3 is 2.70 bits per heavy atom. The van der Waals surface area contributed by atoms with Crippen LogP contribution in [0.4, 0.5) is 0 Å². The summed E-state index contributed by atoms with van der Waals surface area (Å²) >= 11 is 1.75. The fourth-order valence-corrected chi connectivity index (χ4v) is 3.30. The van der Waals surface area contributed by atoms with Crippen LogP contribution in [0.1, 0.15) is 17.0 Å². The van der Waals surface area contributed by atoms with Crippen LogP contribution in [0.15, 0.2) is 48.8 Å². The van der Waals surface area contributed by atoms with Gasteiger partial charge in [0.05, 0.1) is 15.2 Å². The van der Waals surface area contributed by atoms with Crippen LogP contribution in [0.2, 0.25) is 0 Å². The third kappa shape index (κ3) is 3.21. The topological polar surface area (TPSA) is 51.8 Å². The molecule has 20 heavy (non-hydrogen) atoms. The zero-order chi connectivity index (χ0) is 13.8. The zero-order valence-corrected chi connectivity index (χ0v) is 12.0. The average molecular weight is 283 g/mol. The van der Waals surface area contributed by atoms with E-state index < -0.39 is 0 Å². The molecular formula is C16H17N3S. The fraction of sp³-hybridized carbons (Fsp3) is 0.250. The molecule has 2 aromatic heterocycles. The molecule has 0 aliphatic heterocycles. The Balaban J connectivity index is 1.59. The summed E-state index contributed by atoms with van der Waals surface area (Å²) < 4.78 is 1.24. The van der Waals surface area contributed by atoms with Gasteiger partial charge in [0.25, 0.3) is 0 Å². The van der Waals surface area contributed by atoms with Crippen molar-refractivity contribution in [2.75, 3.05) is 0 Å². The van der Waals surface area contributed by atoms with Gasteiger partial charge in [0.1, 0.15) is 0 Å². The number of nitrogens with zero attached hydrogens (tertiary/aromatic N) is 2. The largest absolute Gasteiger partial charge is 0.327 e. The van der Waals surface area contributed by atoms with Gasteiger partial charge in [-0.2, -0.15) is 0 Å². The Morgan fingerprint density at radius 2 is 1.90 bits per heavy atom. The van der Waals surface area contributed by atoms with Crippen molar-refractivity contribution in [3.63, 3.8) is 0 Å². The van der Waals surface area contributed by atoms with Crippen LogP contribution >= 0.6 is 11.3 Å². The molecule has 0 aliphatic rings. The number of thiazole rings is 1. The molecule has 0 saturated heterocycles. The van der Waals surface area contributed by atoms with E-state index in [-0.39, 0.29) is 6.04 Å². The minimum Gasteiger partial charge on any atom is -0.327 e. The number of rotatable bonds is 5. The molecule has 0 aliphatic carbocycles. The lowest BCUT2D eigenvalue weighted by atomic mass is 10.1. The lowest BCUT2D eigenvalue weighted by Gasteiger charge is -2.09. The third-order valence-electron chi connectivity index (χ3n) is 3.33. The third-order valence-corrected chi connectivity index (χ3v) is 4.39. The number of hydrogen-bond donors (Lipinski definition) is 1. The highest BCUT2D eigenvalue weighted by Gasteiger charge is 2.09. The molecule has 0 spiro atoms. The first-order valence-electron chi connectivity index (χ1n) is 6.80. The number of aromatic nitrogens is 2. The standard InChI is InChI=1S/C16H17N3S/c17-13(6-5-12-7-9-18-10-8-12)11-16-19-14-3-1-2-4-15(14)20-16/h1-4,7-10,13H,5-6,11,17H2. The lowest BCUT2D eigenvalue weighted by Crippen LogP contribution is -2.23. The normalized spacial score (nSPS) is 12.7. The molecule has 0 bridgehead atoms. The van der Waals surface area contributed by atoms with Gasteiger partial charge in [-0.3, -0.25) is 4.98 Å². The van der Waals surface area contributed by atoms with E-state index in [1.165, 1.54) is 10.3 Å². The Kier molecular flexibility index (Phi) is 4.04. The number of para-hydroxylation sites is 1. The molecule has 3 nitrogen and oxygen atoms in total. The number of aryl methyl sites for hydroxylation is 1. The van der Waals surface area contributed by atoms with Gasteiger partial charge in [-0.1, -0.05) is 12.1 Å². The molecule has 3 aromatic rings. The summed E-state index contributed by atoms with van der Waals surface area (Å²) in [6, 6.07) is 12.5. The summed E-state index contributed by atoms with van der Waals surface area (Å²) in [4.78, 5) is 8.66. The molecule has 2 heterocycles. The minimum absolute atomic E-state index is 0.156. The van der Waals surface area contributed by atoms with Gasteiger partial charge in [0.2, 0.25) is 0 Å². The van der Waals surface area contributed by atoms with Crippen molar-refractivity contribution >= 4 is 21.6 Å². The van der Waals surface area contributed by atoms with Crippen molar-refractivity contribution in [1.29, 1.82) is 0 Å². The first kappa shape index (κ1) is 13.2. The van der Waals surface area contributed by atoms with Crippen LogP contribution < -0.4 is 5.73 Å². The Labute approximate surface area is 122 Å². The maximum absolute atomic E-state index is 6.23. The number of pyridine rings is 1. The van der Waals surface area contributed by atoms with Crippen LogP contribution in [0.25, 0.3) is 10.2 Å². The van der Waals surface area contributed by atoms with Crippen molar-refractivity contribution in [1.82, 2.24) is 9.97 Å². The maximum atomic E-state index is 6.23. The summed E-state index contributed by atoms with van der Waals surface area (Å²) in [7, 11) is 0. The summed E-state index contributed by atoms with van der Waals surface area (Å²) in [6.07, 6.45) is 6.47. The summed E-state index contributed by atoms with van der Waals surface area (Å²) in [5, 5.41) is 1.13. The molecule has 1 atom stereocenters. The summed E-state index contributed by atoms with van der Waals surface area (Å²) in [5.41, 5.74) is 8.60. The van der Waals surface area contributed by atoms with Crippen LogP contribution in [-0.2, 0) is 12.8 Å². The van der Waals surface area contributed by atoms with Gasteiger partial charge in [-0.05, 0) is 42.7 Å². The first-order valence-corrected chi connectivity index (χ1v) is 7.62. The van der Waals surface area contributed by atoms with E-state index in [4.69, 9.17) is 5.73 Å². The zero-order valence-electron chi connectivity index (χ0n) is 11.2. The second-order valence-electron chi connectivity index (χ2n) is 4.93. The summed E-state index contributed by atoms with van der Waals surface area (Å²) in [6.45, 7) is 0. The molecule has 0 fully saturated rings. The first-order chi connectivity index (χ1) is 9.81. The molecule has 0 saturated carbocycles. The van der Waals surface area contributed by atoms with Crippen LogP contribution in [0, 0.1) is 0 Å². The van der Waals surface area contributed by atoms with E-state index in [1.807, 2.05) is 36.7 Å². The molecule has 3 rings (SSSR count). The van der Waals surface area contributed by atoms with Crippen molar-refractivity contribution in [3.8, 4) is 0 Å². The predicted octanol–water partition coefficient (Wildman–Crippen LogP) is 3.19. The van der Waals surface area contributed by atoms with E-state index in [0.717, 1.165) is 29.8 Å². The molecule has 102 valence electrons. The number of hydrogen-bond acceptors (Lipinski definition) is 4. The molecule has 1 aromatic carbocycles. The van der Waals surface area contributed by atoms with Gasteiger partial charge >= 0.3 is 0 Å². The van der Waals surface area contributed by atoms with Gasteiger partial charge in [0.15, 0.2) is 0 Å². The number of benzene rings is 1. The fourth-order valence-electron chi connectivity index (χ4n) is 2.24. The second kappa shape index (κ2) is 6.11. The van der Waals surface area contributed by atoms with E-state index in [1.54, 1.807) is 11.3 Å². The Bertz CT molecular complexity index is 645. The SMILES string of the molecule is NC(CCc1ccncc1)Cc1nc2ccccc2s1. The van der Waals surface area contributed by atoms with E-state index in [0.29, 0.717) is 0 Å². The highest BCUT2D eigenvalue weighted by molar-refractivity contribution is 7.18. The number of fused-ring (bicyclic) bond motifs is 1. The van der Waals surface area contributed by atoms with Crippen LogP contribution in [0.3, 0.4) is 0 Å². The van der Waals surface area contributed by atoms with Crippen molar-refractivity contribution in [2.45, 2.75) is 25.3 Å². The monoisotopic (exact) mass is 283 g/mol. The smallest absolute Gasteiger partial charge is 0.0954 e. The lowest BCUT2D eigenvalue weighted by molar-refractivity contribution is 0.609. The molecular weight excluding hydrogens is 266 g/mol. The molecule has 2 N–H and O–H groups in total. The molecule has 0 radical (unpaired) electrons. The Hall–Kier alpha value is -1.78. The van der Waals surface area contributed by atoms with E-state index >= 15 is 0 Å². The van der Waals surface area contributed by atoms with Crippen molar-refractivity contribution in [2.24, 2.45) is 5.73 Å². The highest BCUT2D eigenvalue weighted by Crippen LogP contribution is 2.22. The Morgan fingerprint density at radius 1 is 1.10 bits per heavy atom. The predicted molar refractivity (Wildman–Crippen MR) is 83.9 cm³/mol. The van der Waals surface area contributed by atoms with Gasteiger partial charge in [-0.15, -0.1) is 11.3 Å². The van der Waals surface area contributed by atoms with E-state index in [9.17, 15) is 0 Å². The molecule has 4 heteroatoms. The van der Waals surface area contributed by atoms with Gasteiger partial charge < -0.3 is 5.73 Å². The quantitative estimate of drug-likeness (QED) is 0.782. The second-order valence-corrected chi connectivity index (χ2v) is 6.05. The van der Waals surface area contributed by atoms with E-state index in [2.05, 4.69) is 22.1 Å². The van der Waals surface area contributed by atoms with Gasteiger partial charge in [0, 0.05) is 24.9 Å². The van der Waals surface area contributed by atoms with Crippen molar-refractivity contribution < 1.29 is 0 Å². The summed E-state index contributed by atoms with van der Waals surface area (Å²) in [5.74, 6) is 0. The minimum atomic E-state index is 0.156. The molecule has 0 amide bonds.